The van der Waals surface area contributed by atoms with Gasteiger partial charge in [0.2, 0.25) is 0 Å². The van der Waals surface area contributed by atoms with E-state index in [-0.39, 0.29) is 12.1 Å². The molecule has 0 aromatic carbocycles. The van der Waals surface area contributed by atoms with Crippen LogP contribution >= 0.6 is 0 Å². The van der Waals surface area contributed by atoms with Crippen LogP contribution in [0.1, 0.15) is 40.5 Å². The molecule has 0 rings (SSSR count). The van der Waals surface area contributed by atoms with Gasteiger partial charge in [-0.25, -0.2) is 0 Å². The van der Waals surface area contributed by atoms with E-state index >= 15 is 0 Å². The number of rotatable bonds is 4. The molecule has 0 saturated heterocycles. The molecule has 0 aromatic heterocycles. The predicted octanol–water partition coefficient (Wildman–Crippen LogP) is 1.30. The summed E-state index contributed by atoms with van der Waals surface area (Å²) in [5.74, 6) is 0.722. The molecule has 0 aliphatic carbocycles. The number of aliphatic imine (C=N–C) groups is 2. The molecular formula is C10H22N4. The van der Waals surface area contributed by atoms with Gasteiger partial charge in [0.05, 0.1) is 0 Å². The first-order valence-electron chi connectivity index (χ1n) is 5.18. The summed E-state index contributed by atoms with van der Waals surface area (Å²) in [7, 11) is 0. The lowest BCUT2D eigenvalue weighted by molar-refractivity contribution is 0.711. The number of hydrogen-bond donors (Lipinski definition) is 2. The molecular weight excluding hydrogens is 176 g/mol. The lowest BCUT2D eigenvalue weighted by atomic mass is 10.2. The fraction of sp³-hybridized carbons (Fsp3) is 0.800. The minimum absolute atomic E-state index is 0.209. The van der Waals surface area contributed by atoms with E-state index in [1.807, 2.05) is 13.8 Å². The van der Waals surface area contributed by atoms with Gasteiger partial charge in [-0.05, 0) is 26.7 Å². The van der Waals surface area contributed by atoms with E-state index in [0.29, 0.717) is 11.7 Å². The smallest absolute Gasteiger partial charge is 0.161 e. The Morgan fingerprint density at radius 2 is 1.21 bits per heavy atom. The van der Waals surface area contributed by atoms with Crippen molar-refractivity contribution >= 4 is 11.7 Å². The monoisotopic (exact) mass is 198 g/mol. The minimum Gasteiger partial charge on any atom is -0.381 e. The molecule has 14 heavy (non-hydrogen) atoms. The molecule has 0 aliphatic rings. The quantitative estimate of drug-likeness (QED) is 0.527. The van der Waals surface area contributed by atoms with Crippen molar-refractivity contribution in [2.45, 2.75) is 52.6 Å². The van der Waals surface area contributed by atoms with E-state index in [2.05, 4.69) is 23.8 Å². The second kappa shape index (κ2) is 6.40. The van der Waals surface area contributed by atoms with Crippen molar-refractivity contribution in [3.8, 4) is 0 Å². The lowest BCUT2D eigenvalue weighted by Gasteiger charge is -2.07. The van der Waals surface area contributed by atoms with Gasteiger partial charge in [0, 0.05) is 12.1 Å². The summed E-state index contributed by atoms with van der Waals surface area (Å²) in [4.78, 5) is 8.44. The standard InChI is InChI=1S/C10H22N4/c1-5-7(3)13-9(11)10(12)14-8(4)6-2/h7-8H,5-6H2,1-4H3,(H2,11,13)(H2,12,14)/t7-,8+. The summed E-state index contributed by atoms with van der Waals surface area (Å²) >= 11 is 0. The van der Waals surface area contributed by atoms with E-state index in [4.69, 9.17) is 11.5 Å². The Hall–Kier alpha value is -1.06. The molecule has 0 spiro atoms. The molecule has 0 radical (unpaired) electrons. The largest absolute Gasteiger partial charge is 0.381 e. The van der Waals surface area contributed by atoms with Crippen molar-refractivity contribution in [3.05, 3.63) is 0 Å². The Bertz CT molecular complexity index is 196. The SMILES string of the molecule is CC[C@@H](C)N=C(N)C(N)=N[C@@H](C)CC. The first kappa shape index (κ1) is 12.9. The van der Waals surface area contributed by atoms with Crippen LogP contribution < -0.4 is 11.5 Å². The number of hydrogen-bond acceptors (Lipinski definition) is 2. The molecule has 0 aliphatic heterocycles. The third-order valence-electron chi connectivity index (χ3n) is 2.16. The third-order valence-corrected chi connectivity index (χ3v) is 2.16. The minimum atomic E-state index is 0.209. The van der Waals surface area contributed by atoms with Crippen LogP contribution in [0, 0.1) is 0 Å². The molecule has 0 heterocycles. The van der Waals surface area contributed by atoms with Crippen LogP contribution in [-0.4, -0.2) is 23.8 Å². The highest BCUT2D eigenvalue weighted by Crippen LogP contribution is 1.97. The van der Waals surface area contributed by atoms with Gasteiger partial charge in [0.25, 0.3) is 0 Å². The summed E-state index contributed by atoms with van der Waals surface area (Å²) in [6.07, 6.45) is 1.91. The Balaban J connectivity index is 4.44. The Morgan fingerprint density at radius 1 is 0.929 bits per heavy atom. The Morgan fingerprint density at radius 3 is 1.43 bits per heavy atom. The average Bonchev–Trinajstić information content (AvgIpc) is 2.17. The summed E-state index contributed by atoms with van der Waals surface area (Å²) in [5.41, 5.74) is 11.4. The lowest BCUT2D eigenvalue weighted by Crippen LogP contribution is -2.33. The van der Waals surface area contributed by atoms with Crippen molar-refractivity contribution in [1.82, 2.24) is 0 Å². The van der Waals surface area contributed by atoms with Crippen molar-refractivity contribution < 1.29 is 0 Å². The van der Waals surface area contributed by atoms with E-state index in [1.165, 1.54) is 0 Å². The molecule has 4 nitrogen and oxygen atoms in total. The van der Waals surface area contributed by atoms with Crippen molar-refractivity contribution in [2.75, 3.05) is 0 Å². The van der Waals surface area contributed by atoms with Crippen LogP contribution in [0.15, 0.2) is 9.98 Å². The zero-order valence-electron chi connectivity index (χ0n) is 9.62. The molecule has 0 saturated carbocycles. The number of amidine groups is 2. The number of nitrogens with zero attached hydrogens (tertiary/aromatic N) is 2. The van der Waals surface area contributed by atoms with Crippen LogP contribution in [-0.2, 0) is 0 Å². The zero-order valence-corrected chi connectivity index (χ0v) is 9.62. The summed E-state index contributed by atoms with van der Waals surface area (Å²) in [6, 6.07) is 0.418. The van der Waals surface area contributed by atoms with Crippen molar-refractivity contribution in [2.24, 2.45) is 21.5 Å². The molecule has 0 bridgehead atoms. The fourth-order valence-corrected chi connectivity index (χ4v) is 0.790. The third kappa shape index (κ3) is 4.84. The van der Waals surface area contributed by atoms with Gasteiger partial charge in [-0.3, -0.25) is 9.98 Å². The maximum absolute atomic E-state index is 5.69. The average molecular weight is 198 g/mol. The highest BCUT2D eigenvalue weighted by atomic mass is 15.0. The van der Waals surface area contributed by atoms with Gasteiger partial charge in [0.15, 0.2) is 11.7 Å². The first-order valence-corrected chi connectivity index (χ1v) is 5.18. The van der Waals surface area contributed by atoms with Crippen LogP contribution in [0.4, 0.5) is 0 Å². The van der Waals surface area contributed by atoms with E-state index in [0.717, 1.165) is 12.8 Å². The van der Waals surface area contributed by atoms with Gasteiger partial charge in [-0.2, -0.15) is 0 Å². The summed E-state index contributed by atoms with van der Waals surface area (Å²) < 4.78 is 0. The highest BCUT2D eigenvalue weighted by Gasteiger charge is 2.03. The van der Waals surface area contributed by atoms with Crippen molar-refractivity contribution in [3.63, 3.8) is 0 Å². The van der Waals surface area contributed by atoms with Gasteiger partial charge in [-0.1, -0.05) is 13.8 Å². The summed E-state index contributed by atoms with van der Waals surface area (Å²) in [5, 5.41) is 0. The molecule has 82 valence electrons. The molecule has 0 amide bonds. The first-order chi connectivity index (χ1) is 6.51. The van der Waals surface area contributed by atoms with E-state index in [1.54, 1.807) is 0 Å². The van der Waals surface area contributed by atoms with E-state index in [9.17, 15) is 0 Å². The van der Waals surface area contributed by atoms with Crippen LogP contribution in [0.25, 0.3) is 0 Å². The molecule has 2 atom stereocenters. The molecule has 0 aromatic rings. The molecule has 4 N–H and O–H groups in total. The predicted molar refractivity (Wildman–Crippen MR) is 62.8 cm³/mol. The molecule has 0 unspecified atom stereocenters. The van der Waals surface area contributed by atoms with Crippen molar-refractivity contribution in [1.29, 1.82) is 0 Å². The van der Waals surface area contributed by atoms with Gasteiger partial charge >= 0.3 is 0 Å². The second-order valence-corrected chi connectivity index (χ2v) is 3.54. The normalized spacial score (nSPS) is 18.0. The maximum atomic E-state index is 5.69. The van der Waals surface area contributed by atoms with Crippen LogP contribution in [0.5, 0.6) is 0 Å². The van der Waals surface area contributed by atoms with Gasteiger partial charge in [0.1, 0.15) is 0 Å². The second-order valence-electron chi connectivity index (χ2n) is 3.54. The molecule has 4 heteroatoms. The van der Waals surface area contributed by atoms with Crippen LogP contribution in [0.3, 0.4) is 0 Å². The maximum Gasteiger partial charge on any atom is 0.161 e. The topological polar surface area (TPSA) is 76.8 Å². The highest BCUT2D eigenvalue weighted by molar-refractivity contribution is 6.39. The van der Waals surface area contributed by atoms with Crippen LogP contribution in [0.2, 0.25) is 0 Å². The molecule has 0 fully saturated rings. The number of nitrogens with two attached hydrogens (primary N) is 2. The Labute approximate surface area is 86.5 Å². The summed E-state index contributed by atoms with van der Waals surface area (Å²) in [6.45, 7) is 8.12. The van der Waals surface area contributed by atoms with Gasteiger partial charge < -0.3 is 11.5 Å². The fourth-order valence-electron chi connectivity index (χ4n) is 0.790. The zero-order chi connectivity index (χ0) is 11.1. The Kier molecular flexibility index (Phi) is 5.92. The van der Waals surface area contributed by atoms with Gasteiger partial charge in [-0.15, -0.1) is 0 Å². The van der Waals surface area contributed by atoms with E-state index < -0.39 is 0 Å².